The summed E-state index contributed by atoms with van der Waals surface area (Å²) in [5.74, 6) is 0.797. The summed E-state index contributed by atoms with van der Waals surface area (Å²) in [5, 5.41) is 12.3. The molecule has 2 N–H and O–H groups in total. The predicted octanol–water partition coefficient (Wildman–Crippen LogP) is 0.752. The smallest absolute Gasteiger partial charge is 0.327 e. The normalized spacial score (nSPS) is 25.3. The highest BCUT2D eigenvalue weighted by atomic mass is 32.2. The topological polar surface area (TPSA) is 69.6 Å². The molecule has 0 aromatic heterocycles. The van der Waals surface area contributed by atoms with Gasteiger partial charge in [-0.25, -0.2) is 4.79 Å². The SMILES string of the molecule is O=C(O)[C@@H]1CSCN1C(=O)CCC1CCNCC1. The van der Waals surface area contributed by atoms with E-state index < -0.39 is 12.0 Å². The number of amides is 1. The quantitative estimate of drug-likeness (QED) is 0.790. The minimum absolute atomic E-state index is 0.00549. The first-order valence-electron chi connectivity index (χ1n) is 6.49. The van der Waals surface area contributed by atoms with Gasteiger partial charge in [0.2, 0.25) is 5.91 Å². The molecule has 0 spiro atoms. The molecule has 102 valence electrons. The Labute approximate surface area is 111 Å². The van der Waals surface area contributed by atoms with Gasteiger partial charge in [0.25, 0.3) is 0 Å². The second-order valence-electron chi connectivity index (χ2n) is 4.95. The second-order valence-corrected chi connectivity index (χ2v) is 5.95. The van der Waals surface area contributed by atoms with E-state index >= 15 is 0 Å². The van der Waals surface area contributed by atoms with Crippen LogP contribution < -0.4 is 5.32 Å². The van der Waals surface area contributed by atoms with E-state index in [1.54, 1.807) is 0 Å². The van der Waals surface area contributed by atoms with Gasteiger partial charge in [-0.05, 0) is 38.3 Å². The predicted molar refractivity (Wildman–Crippen MR) is 70.4 cm³/mol. The van der Waals surface area contributed by atoms with E-state index in [4.69, 9.17) is 5.11 Å². The zero-order valence-corrected chi connectivity index (χ0v) is 11.2. The van der Waals surface area contributed by atoms with Crippen LogP contribution in [0.4, 0.5) is 0 Å². The molecular formula is C12H20N2O3S. The minimum Gasteiger partial charge on any atom is -0.480 e. The molecule has 1 atom stereocenters. The largest absolute Gasteiger partial charge is 0.480 e. The molecule has 1 amide bonds. The number of hydrogen-bond donors (Lipinski definition) is 2. The van der Waals surface area contributed by atoms with Gasteiger partial charge in [-0.3, -0.25) is 4.79 Å². The van der Waals surface area contributed by atoms with Crippen molar-refractivity contribution < 1.29 is 14.7 Å². The first-order chi connectivity index (χ1) is 8.68. The number of nitrogens with one attached hydrogen (secondary N) is 1. The number of carboxylic acid groups (broad SMARTS) is 1. The van der Waals surface area contributed by atoms with Crippen LogP contribution in [0, 0.1) is 5.92 Å². The van der Waals surface area contributed by atoms with Crippen molar-refractivity contribution in [2.24, 2.45) is 5.92 Å². The van der Waals surface area contributed by atoms with Crippen LogP contribution in [0.25, 0.3) is 0 Å². The summed E-state index contributed by atoms with van der Waals surface area (Å²) >= 11 is 1.52. The van der Waals surface area contributed by atoms with Crippen molar-refractivity contribution in [3.05, 3.63) is 0 Å². The first-order valence-corrected chi connectivity index (χ1v) is 7.64. The molecule has 2 fully saturated rings. The van der Waals surface area contributed by atoms with Gasteiger partial charge in [0.05, 0.1) is 5.88 Å². The molecule has 2 saturated heterocycles. The Morgan fingerprint density at radius 1 is 1.33 bits per heavy atom. The molecular weight excluding hydrogens is 252 g/mol. The fourth-order valence-corrected chi connectivity index (χ4v) is 3.71. The maximum Gasteiger partial charge on any atom is 0.327 e. The van der Waals surface area contributed by atoms with Crippen LogP contribution in [-0.4, -0.2) is 52.6 Å². The third-order valence-electron chi connectivity index (χ3n) is 3.71. The van der Waals surface area contributed by atoms with E-state index in [0.29, 0.717) is 24.0 Å². The maximum atomic E-state index is 12.0. The highest BCUT2D eigenvalue weighted by Gasteiger charge is 2.34. The molecule has 2 heterocycles. The average Bonchev–Trinajstić information content (AvgIpc) is 2.86. The number of hydrogen-bond acceptors (Lipinski definition) is 4. The van der Waals surface area contributed by atoms with Crippen molar-refractivity contribution >= 4 is 23.6 Å². The van der Waals surface area contributed by atoms with Gasteiger partial charge >= 0.3 is 5.97 Å². The fraction of sp³-hybridized carbons (Fsp3) is 0.833. The highest BCUT2D eigenvalue weighted by molar-refractivity contribution is 7.99. The maximum absolute atomic E-state index is 12.0. The first kappa shape index (κ1) is 13.7. The fourth-order valence-electron chi connectivity index (χ4n) is 2.53. The van der Waals surface area contributed by atoms with Crippen LogP contribution in [-0.2, 0) is 9.59 Å². The van der Waals surface area contributed by atoms with E-state index in [1.165, 1.54) is 16.7 Å². The Kier molecular flexibility index (Phi) is 4.88. The van der Waals surface area contributed by atoms with Crippen LogP contribution in [0.1, 0.15) is 25.7 Å². The molecule has 0 unspecified atom stereocenters. The molecule has 2 rings (SSSR count). The van der Waals surface area contributed by atoms with Gasteiger partial charge in [-0.15, -0.1) is 11.8 Å². The van der Waals surface area contributed by atoms with Crippen molar-refractivity contribution in [1.82, 2.24) is 10.2 Å². The molecule has 2 aliphatic rings. The van der Waals surface area contributed by atoms with E-state index in [-0.39, 0.29) is 5.91 Å². The molecule has 0 saturated carbocycles. The zero-order valence-electron chi connectivity index (χ0n) is 10.4. The van der Waals surface area contributed by atoms with Crippen LogP contribution in [0.15, 0.2) is 0 Å². The van der Waals surface area contributed by atoms with E-state index in [2.05, 4.69) is 5.32 Å². The number of carboxylic acids is 1. The van der Waals surface area contributed by atoms with Crippen LogP contribution in [0.3, 0.4) is 0 Å². The lowest BCUT2D eigenvalue weighted by molar-refractivity contribution is -0.147. The summed E-state index contributed by atoms with van der Waals surface area (Å²) < 4.78 is 0. The number of piperidine rings is 1. The van der Waals surface area contributed by atoms with Crippen LogP contribution >= 0.6 is 11.8 Å². The van der Waals surface area contributed by atoms with E-state index in [1.807, 2.05) is 0 Å². The second kappa shape index (κ2) is 6.43. The Morgan fingerprint density at radius 3 is 2.72 bits per heavy atom. The summed E-state index contributed by atoms with van der Waals surface area (Å²) in [6, 6.07) is -0.615. The summed E-state index contributed by atoms with van der Waals surface area (Å²) in [7, 11) is 0. The third-order valence-corrected chi connectivity index (χ3v) is 4.73. The van der Waals surface area contributed by atoms with Crippen molar-refractivity contribution in [2.75, 3.05) is 24.7 Å². The zero-order chi connectivity index (χ0) is 13.0. The number of thioether (sulfide) groups is 1. The number of carbonyl (C=O) groups excluding carboxylic acids is 1. The third kappa shape index (κ3) is 3.38. The van der Waals surface area contributed by atoms with Crippen molar-refractivity contribution in [3.63, 3.8) is 0 Å². The molecule has 0 aromatic rings. The van der Waals surface area contributed by atoms with Gasteiger partial charge in [0, 0.05) is 12.2 Å². The molecule has 0 aromatic carbocycles. The summed E-state index contributed by atoms with van der Waals surface area (Å²) in [4.78, 5) is 24.6. The monoisotopic (exact) mass is 272 g/mol. The molecule has 0 aliphatic carbocycles. The number of rotatable bonds is 4. The lowest BCUT2D eigenvalue weighted by Gasteiger charge is -2.24. The van der Waals surface area contributed by atoms with Gasteiger partial charge in [-0.2, -0.15) is 0 Å². The minimum atomic E-state index is -0.879. The van der Waals surface area contributed by atoms with Gasteiger partial charge in [0.1, 0.15) is 6.04 Å². The molecule has 18 heavy (non-hydrogen) atoms. The molecule has 5 nitrogen and oxygen atoms in total. The summed E-state index contributed by atoms with van der Waals surface area (Å²) in [6.07, 6.45) is 3.65. The number of aliphatic carboxylic acids is 1. The number of carbonyl (C=O) groups is 2. The van der Waals surface area contributed by atoms with Gasteiger partial charge in [0.15, 0.2) is 0 Å². The Morgan fingerprint density at radius 2 is 2.06 bits per heavy atom. The van der Waals surface area contributed by atoms with Crippen molar-refractivity contribution in [3.8, 4) is 0 Å². The summed E-state index contributed by atoms with van der Waals surface area (Å²) in [5.41, 5.74) is 0. The van der Waals surface area contributed by atoms with Crippen molar-refractivity contribution in [1.29, 1.82) is 0 Å². The lowest BCUT2D eigenvalue weighted by Crippen LogP contribution is -2.42. The lowest BCUT2D eigenvalue weighted by atomic mass is 9.93. The van der Waals surface area contributed by atoms with E-state index in [0.717, 1.165) is 32.4 Å². The highest BCUT2D eigenvalue weighted by Crippen LogP contribution is 2.24. The summed E-state index contributed by atoms with van der Waals surface area (Å²) in [6.45, 7) is 2.08. The Balaban J connectivity index is 1.78. The van der Waals surface area contributed by atoms with Crippen LogP contribution in [0.5, 0.6) is 0 Å². The van der Waals surface area contributed by atoms with Crippen LogP contribution in [0.2, 0.25) is 0 Å². The average molecular weight is 272 g/mol. The molecule has 0 radical (unpaired) electrons. The van der Waals surface area contributed by atoms with Gasteiger partial charge in [-0.1, -0.05) is 0 Å². The standard InChI is InChI=1S/C12H20N2O3S/c15-11(2-1-9-3-5-13-6-4-9)14-8-18-7-10(14)12(16)17/h9-10,13H,1-8H2,(H,16,17)/t10-/m0/s1. The molecule has 6 heteroatoms. The van der Waals surface area contributed by atoms with E-state index in [9.17, 15) is 9.59 Å². The Hall–Kier alpha value is -0.750. The van der Waals surface area contributed by atoms with Gasteiger partial charge < -0.3 is 15.3 Å². The molecule has 2 aliphatic heterocycles. The number of nitrogens with zero attached hydrogens (tertiary/aromatic N) is 1. The van der Waals surface area contributed by atoms with Crippen molar-refractivity contribution in [2.45, 2.75) is 31.7 Å². The Bertz CT molecular complexity index is 318. The molecule has 0 bridgehead atoms.